The fourth-order valence-electron chi connectivity index (χ4n) is 1.21. The van der Waals surface area contributed by atoms with Crippen molar-refractivity contribution in [2.24, 2.45) is 10.9 Å². The van der Waals surface area contributed by atoms with E-state index in [1.165, 1.54) is 6.33 Å². The molecule has 2 rings (SSSR count). The van der Waals surface area contributed by atoms with E-state index in [-0.39, 0.29) is 5.84 Å². The van der Waals surface area contributed by atoms with E-state index in [1.54, 1.807) is 10.7 Å². The zero-order valence-corrected chi connectivity index (χ0v) is 7.33. The van der Waals surface area contributed by atoms with Gasteiger partial charge in [-0.15, -0.1) is 0 Å². The van der Waals surface area contributed by atoms with Gasteiger partial charge in [0, 0.05) is 12.6 Å². The van der Waals surface area contributed by atoms with Crippen LogP contribution < -0.4 is 5.73 Å². The van der Waals surface area contributed by atoms with E-state index < -0.39 is 0 Å². The van der Waals surface area contributed by atoms with Crippen molar-refractivity contribution in [2.45, 2.75) is 6.42 Å². The number of aromatic nitrogens is 3. The fraction of sp³-hybridized carbons (Fsp3) is 0.125. The molecule has 0 spiro atoms. The van der Waals surface area contributed by atoms with Crippen molar-refractivity contribution in [1.82, 2.24) is 14.6 Å². The van der Waals surface area contributed by atoms with Crippen molar-refractivity contribution in [3.05, 3.63) is 30.2 Å². The van der Waals surface area contributed by atoms with Crippen LogP contribution in [0.2, 0.25) is 0 Å². The summed E-state index contributed by atoms with van der Waals surface area (Å²) in [7, 11) is 0. The van der Waals surface area contributed by atoms with Gasteiger partial charge in [0.2, 0.25) is 0 Å². The van der Waals surface area contributed by atoms with Gasteiger partial charge >= 0.3 is 0 Å². The van der Waals surface area contributed by atoms with Crippen LogP contribution in [0.25, 0.3) is 5.65 Å². The molecule has 72 valence electrons. The minimum Gasteiger partial charge on any atom is -0.409 e. The van der Waals surface area contributed by atoms with E-state index in [1.807, 2.05) is 12.1 Å². The van der Waals surface area contributed by atoms with Crippen LogP contribution in [0.1, 0.15) is 5.56 Å². The maximum atomic E-state index is 8.40. The van der Waals surface area contributed by atoms with E-state index in [9.17, 15) is 0 Å². The first-order valence-corrected chi connectivity index (χ1v) is 4.04. The second-order valence-corrected chi connectivity index (χ2v) is 2.87. The van der Waals surface area contributed by atoms with Gasteiger partial charge in [0.15, 0.2) is 5.65 Å². The highest BCUT2D eigenvalue weighted by Crippen LogP contribution is 2.04. The molecule has 0 aliphatic carbocycles. The summed E-state index contributed by atoms with van der Waals surface area (Å²) in [6.45, 7) is 0. The monoisotopic (exact) mass is 191 g/mol. The third-order valence-corrected chi connectivity index (χ3v) is 1.86. The summed E-state index contributed by atoms with van der Waals surface area (Å²) in [6.07, 6.45) is 3.66. The number of rotatable bonds is 2. The highest BCUT2D eigenvalue weighted by Gasteiger charge is 2.00. The first-order valence-electron chi connectivity index (χ1n) is 4.04. The molecule has 0 atom stereocenters. The molecule has 2 aromatic rings. The highest BCUT2D eigenvalue weighted by atomic mass is 16.4. The smallest absolute Gasteiger partial charge is 0.155 e. The summed E-state index contributed by atoms with van der Waals surface area (Å²) in [5.41, 5.74) is 7.06. The van der Waals surface area contributed by atoms with Crippen LogP contribution in [-0.2, 0) is 6.42 Å². The van der Waals surface area contributed by atoms with E-state index in [4.69, 9.17) is 10.9 Å². The molecule has 0 fully saturated rings. The highest BCUT2D eigenvalue weighted by molar-refractivity contribution is 5.82. The minimum atomic E-state index is 0.175. The Labute approximate surface area is 79.7 Å². The first kappa shape index (κ1) is 8.49. The molecule has 2 heterocycles. The molecule has 2 aromatic heterocycles. The molecule has 14 heavy (non-hydrogen) atoms. The zero-order valence-electron chi connectivity index (χ0n) is 7.33. The molecule has 0 unspecified atom stereocenters. The van der Waals surface area contributed by atoms with Gasteiger partial charge in [-0.05, 0) is 17.7 Å². The number of amidine groups is 1. The molecular formula is C8H9N5O. The maximum absolute atomic E-state index is 8.40. The zero-order chi connectivity index (χ0) is 9.97. The first-order chi connectivity index (χ1) is 6.79. The van der Waals surface area contributed by atoms with Crippen LogP contribution in [0.3, 0.4) is 0 Å². The third kappa shape index (κ3) is 1.49. The van der Waals surface area contributed by atoms with Crippen LogP contribution in [0.5, 0.6) is 0 Å². The Hall–Kier alpha value is -2.11. The topological polar surface area (TPSA) is 88.8 Å². The lowest BCUT2D eigenvalue weighted by Gasteiger charge is -1.99. The van der Waals surface area contributed by atoms with Gasteiger partial charge in [0.1, 0.15) is 12.2 Å². The van der Waals surface area contributed by atoms with Crippen LogP contribution in [0.4, 0.5) is 0 Å². The molecule has 6 heteroatoms. The van der Waals surface area contributed by atoms with Gasteiger partial charge in [-0.3, -0.25) is 0 Å². The molecule has 6 nitrogen and oxygen atoms in total. The normalized spacial score (nSPS) is 12.1. The summed E-state index contributed by atoms with van der Waals surface area (Å²) >= 11 is 0. The second kappa shape index (κ2) is 3.33. The predicted molar refractivity (Wildman–Crippen MR) is 50.1 cm³/mol. The standard InChI is InChI=1S/C8H9N5O/c9-7(12-14)3-6-1-2-13-8(4-6)10-5-11-13/h1-2,4-5,14H,3H2,(H2,9,12). The Morgan fingerprint density at radius 3 is 3.29 bits per heavy atom. The Bertz CT molecular complexity index is 475. The number of fused-ring (bicyclic) bond motifs is 1. The molecule has 0 bridgehead atoms. The largest absolute Gasteiger partial charge is 0.409 e. The van der Waals surface area contributed by atoms with Crippen LogP contribution >= 0.6 is 0 Å². The SMILES string of the molecule is N/C(Cc1ccn2ncnc2c1)=N\O. The summed E-state index contributed by atoms with van der Waals surface area (Å²) in [4.78, 5) is 4.02. The lowest BCUT2D eigenvalue weighted by atomic mass is 10.2. The van der Waals surface area contributed by atoms with Crippen molar-refractivity contribution in [1.29, 1.82) is 0 Å². The number of hydrogen-bond donors (Lipinski definition) is 2. The quantitative estimate of drug-likeness (QED) is 0.303. The fourth-order valence-corrected chi connectivity index (χ4v) is 1.21. The van der Waals surface area contributed by atoms with E-state index >= 15 is 0 Å². The molecule has 0 saturated carbocycles. The summed E-state index contributed by atoms with van der Waals surface area (Å²) in [6, 6.07) is 3.69. The maximum Gasteiger partial charge on any atom is 0.155 e. The van der Waals surface area contributed by atoms with Gasteiger partial charge in [-0.25, -0.2) is 9.50 Å². The number of oxime groups is 1. The second-order valence-electron chi connectivity index (χ2n) is 2.87. The number of hydrogen-bond acceptors (Lipinski definition) is 4. The minimum absolute atomic E-state index is 0.175. The van der Waals surface area contributed by atoms with Crippen molar-refractivity contribution in [2.75, 3.05) is 0 Å². The Morgan fingerprint density at radius 2 is 2.50 bits per heavy atom. The van der Waals surface area contributed by atoms with Gasteiger partial charge in [-0.1, -0.05) is 5.16 Å². The molecule has 3 N–H and O–H groups in total. The average molecular weight is 191 g/mol. The van der Waals surface area contributed by atoms with E-state index in [0.717, 1.165) is 11.2 Å². The predicted octanol–water partition coefficient (Wildman–Crippen LogP) is 0.0182. The lowest BCUT2D eigenvalue weighted by Crippen LogP contribution is -2.14. The van der Waals surface area contributed by atoms with E-state index in [2.05, 4.69) is 15.2 Å². The van der Waals surface area contributed by atoms with Gasteiger partial charge in [-0.2, -0.15) is 5.10 Å². The van der Waals surface area contributed by atoms with Gasteiger partial charge in [0.25, 0.3) is 0 Å². The molecule has 0 amide bonds. The Morgan fingerprint density at radius 1 is 1.64 bits per heavy atom. The Balaban J connectivity index is 2.34. The molecule has 0 radical (unpaired) electrons. The lowest BCUT2D eigenvalue weighted by molar-refractivity contribution is 0.317. The van der Waals surface area contributed by atoms with Crippen molar-refractivity contribution in [3.8, 4) is 0 Å². The number of nitrogens with two attached hydrogens (primary N) is 1. The van der Waals surface area contributed by atoms with Crippen LogP contribution in [-0.4, -0.2) is 25.6 Å². The molecular weight excluding hydrogens is 182 g/mol. The van der Waals surface area contributed by atoms with Crippen LogP contribution in [0, 0.1) is 0 Å². The molecule has 0 aliphatic heterocycles. The summed E-state index contributed by atoms with van der Waals surface area (Å²) in [5.74, 6) is 0.175. The number of nitrogens with zero attached hydrogens (tertiary/aromatic N) is 4. The summed E-state index contributed by atoms with van der Waals surface area (Å²) in [5, 5.41) is 15.3. The molecule has 0 aromatic carbocycles. The van der Waals surface area contributed by atoms with E-state index in [0.29, 0.717) is 6.42 Å². The van der Waals surface area contributed by atoms with Gasteiger partial charge < -0.3 is 10.9 Å². The number of pyridine rings is 1. The summed E-state index contributed by atoms with van der Waals surface area (Å²) < 4.78 is 1.65. The third-order valence-electron chi connectivity index (χ3n) is 1.86. The van der Waals surface area contributed by atoms with Crippen molar-refractivity contribution >= 4 is 11.5 Å². The van der Waals surface area contributed by atoms with Crippen molar-refractivity contribution in [3.63, 3.8) is 0 Å². The molecule has 0 saturated heterocycles. The average Bonchev–Trinajstić information content (AvgIpc) is 2.64. The van der Waals surface area contributed by atoms with Crippen molar-refractivity contribution < 1.29 is 5.21 Å². The molecule has 0 aliphatic rings. The van der Waals surface area contributed by atoms with Gasteiger partial charge in [0.05, 0.1) is 0 Å². The Kier molecular flexibility index (Phi) is 2.02. The van der Waals surface area contributed by atoms with Crippen LogP contribution in [0.15, 0.2) is 29.8 Å².